The summed E-state index contributed by atoms with van der Waals surface area (Å²) >= 11 is 0. The van der Waals surface area contributed by atoms with Crippen LogP contribution in [0.4, 0.5) is 0 Å². The zero-order valence-corrected chi connectivity index (χ0v) is 11.9. The summed E-state index contributed by atoms with van der Waals surface area (Å²) in [5.41, 5.74) is 0. The van der Waals surface area contributed by atoms with E-state index in [1.807, 2.05) is 0 Å². The van der Waals surface area contributed by atoms with E-state index in [1.165, 1.54) is 32.1 Å². The van der Waals surface area contributed by atoms with Gasteiger partial charge in [-0.2, -0.15) is 0 Å². The van der Waals surface area contributed by atoms with Crippen LogP contribution in [0.15, 0.2) is 0 Å². The molecule has 0 aliphatic heterocycles. The zero-order valence-electron chi connectivity index (χ0n) is 11.9. The summed E-state index contributed by atoms with van der Waals surface area (Å²) in [7, 11) is 0. The smallest absolute Gasteiger partial charge is 0.0119 e. The van der Waals surface area contributed by atoms with E-state index >= 15 is 0 Å². The van der Waals surface area contributed by atoms with Gasteiger partial charge in [-0.15, -0.1) is 11.8 Å². The van der Waals surface area contributed by atoms with E-state index in [-0.39, 0.29) is 0 Å². The minimum atomic E-state index is 0.758. The van der Waals surface area contributed by atoms with Crippen LogP contribution in [0, 0.1) is 37.5 Å². The molecule has 0 rings (SSSR count). The monoisotopic (exact) mass is 234 g/mol. The Balaban J connectivity index is 3.75. The lowest BCUT2D eigenvalue weighted by molar-refractivity contribution is 0.355. The van der Waals surface area contributed by atoms with E-state index in [2.05, 4.69) is 39.5 Å². The molecule has 0 spiro atoms. The average Bonchev–Trinajstić information content (AvgIpc) is 2.31. The molecule has 1 atom stereocenters. The van der Waals surface area contributed by atoms with Crippen LogP contribution >= 0.6 is 0 Å². The van der Waals surface area contributed by atoms with Crippen molar-refractivity contribution in [2.24, 2.45) is 11.8 Å². The average molecular weight is 234 g/mol. The van der Waals surface area contributed by atoms with Gasteiger partial charge in [0.05, 0.1) is 0 Å². The van der Waals surface area contributed by atoms with Gasteiger partial charge in [-0.25, -0.2) is 0 Å². The van der Waals surface area contributed by atoms with Crippen molar-refractivity contribution in [2.45, 2.75) is 71.6 Å². The Morgan fingerprint density at radius 2 is 1.53 bits per heavy atom. The normalized spacial score (nSPS) is 12.3. The lowest BCUT2D eigenvalue weighted by Gasteiger charge is -2.17. The largest absolute Gasteiger partial charge is 0.103 e. The zero-order chi connectivity index (χ0) is 12.9. The number of hydrogen-bond acceptors (Lipinski definition) is 0. The maximum absolute atomic E-state index is 3.90. The second-order valence-corrected chi connectivity index (χ2v) is 5.22. The highest BCUT2D eigenvalue weighted by Crippen LogP contribution is 2.21. The second-order valence-electron chi connectivity index (χ2n) is 5.22. The van der Waals surface area contributed by atoms with E-state index in [9.17, 15) is 0 Å². The molecular formula is C17H30. The van der Waals surface area contributed by atoms with Crippen LogP contribution in [0.1, 0.15) is 71.6 Å². The maximum Gasteiger partial charge on any atom is 0.0119 e. The van der Waals surface area contributed by atoms with Crippen molar-refractivity contribution in [3.05, 3.63) is 13.8 Å². The topological polar surface area (TPSA) is 0 Å². The number of rotatable bonds is 9. The molecule has 0 fully saturated rings. The Kier molecular flexibility index (Phi) is 11.7. The van der Waals surface area contributed by atoms with Crippen molar-refractivity contribution in [3.8, 4) is 11.8 Å². The fourth-order valence-corrected chi connectivity index (χ4v) is 1.94. The molecule has 0 aromatic rings. The highest BCUT2D eigenvalue weighted by molar-refractivity contribution is 5.00. The molecule has 0 heterocycles. The van der Waals surface area contributed by atoms with Gasteiger partial charge in [0.15, 0.2) is 0 Å². The van der Waals surface area contributed by atoms with Gasteiger partial charge in [-0.1, -0.05) is 59.8 Å². The van der Waals surface area contributed by atoms with Crippen LogP contribution in [0.2, 0.25) is 0 Å². The quantitative estimate of drug-likeness (QED) is 0.368. The predicted octanol–water partition coefficient (Wildman–Crippen LogP) is 5.44. The third-order valence-electron chi connectivity index (χ3n) is 3.31. The standard InChI is InChI=1S/C17H30/c1-5-7-9-10-11-13-15-17(16(3)4)14-12-8-6-2/h16-17H,1-2,5-10,12,14-15H2,3-4H3. The van der Waals surface area contributed by atoms with Gasteiger partial charge < -0.3 is 0 Å². The first-order chi connectivity index (χ1) is 8.22. The van der Waals surface area contributed by atoms with Gasteiger partial charge in [0.25, 0.3) is 0 Å². The highest BCUT2D eigenvalue weighted by Gasteiger charge is 2.11. The Bertz CT molecular complexity index is 204. The Morgan fingerprint density at radius 1 is 0.882 bits per heavy atom. The van der Waals surface area contributed by atoms with Gasteiger partial charge in [0.2, 0.25) is 0 Å². The van der Waals surface area contributed by atoms with E-state index in [1.54, 1.807) is 0 Å². The third kappa shape index (κ3) is 10.4. The molecule has 98 valence electrons. The van der Waals surface area contributed by atoms with Crippen LogP contribution in [-0.4, -0.2) is 0 Å². The fraction of sp³-hybridized carbons (Fsp3) is 0.765. The molecule has 0 nitrogen and oxygen atoms in total. The number of unbranched alkanes of at least 4 members (excludes halogenated alkanes) is 5. The first kappa shape index (κ1) is 16.6. The van der Waals surface area contributed by atoms with Crippen LogP contribution < -0.4 is 0 Å². The molecule has 2 radical (unpaired) electrons. The molecule has 0 amide bonds. The van der Waals surface area contributed by atoms with Crippen molar-refractivity contribution < 1.29 is 0 Å². The Hall–Kier alpha value is -0.440. The van der Waals surface area contributed by atoms with Crippen molar-refractivity contribution in [1.29, 1.82) is 0 Å². The molecule has 0 aromatic carbocycles. The van der Waals surface area contributed by atoms with Crippen LogP contribution in [0.3, 0.4) is 0 Å². The summed E-state index contributed by atoms with van der Waals surface area (Å²) in [6, 6.07) is 0. The SMILES string of the molecule is [CH2]CCCCC#CCC(CCCC[CH2])C(C)C. The summed E-state index contributed by atoms with van der Waals surface area (Å²) in [5, 5.41) is 0. The van der Waals surface area contributed by atoms with E-state index in [0.29, 0.717) is 0 Å². The van der Waals surface area contributed by atoms with E-state index in [0.717, 1.165) is 37.5 Å². The highest BCUT2D eigenvalue weighted by atomic mass is 14.2. The van der Waals surface area contributed by atoms with Gasteiger partial charge in [0.1, 0.15) is 0 Å². The maximum atomic E-state index is 3.90. The Labute approximate surface area is 110 Å². The van der Waals surface area contributed by atoms with Gasteiger partial charge >= 0.3 is 0 Å². The molecule has 0 saturated heterocycles. The minimum Gasteiger partial charge on any atom is -0.103 e. The molecule has 0 bridgehead atoms. The lowest BCUT2D eigenvalue weighted by atomic mass is 9.88. The summed E-state index contributed by atoms with van der Waals surface area (Å²) < 4.78 is 0. The van der Waals surface area contributed by atoms with E-state index in [4.69, 9.17) is 0 Å². The van der Waals surface area contributed by atoms with Crippen molar-refractivity contribution in [2.75, 3.05) is 0 Å². The molecule has 0 aliphatic rings. The second kappa shape index (κ2) is 12.0. The molecular weight excluding hydrogens is 204 g/mol. The fourth-order valence-electron chi connectivity index (χ4n) is 1.94. The molecule has 0 aromatic heterocycles. The van der Waals surface area contributed by atoms with Crippen LogP contribution in [0.25, 0.3) is 0 Å². The molecule has 0 saturated carbocycles. The minimum absolute atomic E-state index is 0.758. The van der Waals surface area contributed by atoms with Gasteiger partial charge in [-0.3, -0.25) is 0 Å². The summed E-state index contributed by atoms with van der Waals surface area (Å²) in [6.45, 7) is 12.4. The van der Waals surface area contributed by atoms with E-state index < -0.39 is 0 Å². The van der Waals surface area contributed by atoms with Crippen LogP contribution in [-0.2, 0) is 0 Å². The Morgan fingerprint density at radius 3 is 2.12 bits per heavy atom. The first-order valence-corrected chi connectivity index (χ1v) is 7.26. The van der Waals surface area contributed by atoms with Crippen LogP contribution in [0.5, 0.6) is 0 Å². The molecule has 0 heteroatoms. The molecule has 0 N–H and O–H groups in total. The summed E-state index contributed by atoms with van der Waals surface area (Å²) in [5.74, 6) is 8.21. The molecule has 1 unspecified atom stereocenters. The lowest BCUT2D eigenvalue weighted by Crippen LogP contribution is -2.07. The van der Waals surface area contributed by atoms with Crippen molar-refractivity contribution in [3.63, 3.8) is 0 Å². The van der Waals surface area contributed by atoms with Gasteiger partial charge in [-0.05, 0) is 24.7 Å². The molecule has 0 aliphatic carbocycles. The van der Waals surface area contributed by atoms with Gasteiger partial charge in [0, 0.05) is 12.8 Å². The van der Waals surface area contributed by atoms with Crippen molar-refractivity contribution >= 4 is 0 Å². The first-order valence-electron chi connectivity index (χ1n) is 7.26. The third-order valence-corrected chi connectivity index (χ3v) is 3.31. The predicted molar refractivity (Wildman–Crippen MR) is 78.4 cm³/mol. The number of hydrogen-bond donors (Lipinski definition) is 0. The summed E-state index contributed by atoms with van der Waals surface area (Å²) in [4.78, 5) is 0. The molecule has 17 heavy (non-hydrogen) atoms. The summed E-state index contributed by atoms with van der Waals surface area (Å²) in [6.07, 6.45) is 10.6. The van der Waals surface area contributed by atoms with Crippen molar-refractivity contribution in [1.82, 2.24) is 0 Å².